The lowest BCUT2D eigenvalue weighted by molar-refractivity contribution is 0.698. The number of rotatable bonds is 5. The zero-order chi connectivity index (χ0) is 14.5. The third-order valence-electron chi connectivity index (χ3n) is 2.92. The summed E-state index contributed by atoms with van der Waals surface area (Å²) in [6, 6.07) is 9.59. The quantitative estimate of drug-likeness (QED) is 0.887. The lowest BCUT2D eigenvalue weighted by Crippen LogP contribution is -2.07. The van der Waals surface area contributed by atoms with Gasteiger partial charge in [-0.1, -0.05) is 36.7 Å². The van der Waals surface area contributed by atoms with E-state index < -0.39 is 0 Å². The average Bonchev–Trinajstić information content (AvgIpc) is 2.75. The van der Waals surface area contributed by atoms with E-state index in [0.717, 1.165) is 18.5 Å². The Bertz CT molecular complexity index is 641. The molecule has 20 heavy (non-hydrogen) atoms. The van der Waals surface area contributed by atoms with Crippen LogP contribution in [0.3, 0.4) is 0 Å². The van der Waals surface area contributed by atoms with Crippen LogP contribution in [-0.2, 0) is 6.54 Å². The van der Waals surface area contributed by atoms with Crippen molar-refractivity contribution in [1.29, 1.82) is 5.26 Å². The van der Waals surface area contributed by atoms with E-state index in [1.165, 1.54) is 0 Å². The maximum atomic E-state index is 9.18. The summed E-state index contributed by atoms with van der Waals surface area (Å²) in [6.07, 6.45) is 0.947. The average molecular weight is 290 g/mol. The zero-order valence-corrected chi connectivity index (χ0v) is 12.0. The van der Waals surface area contributed by atoms with Gasteiger partial charge in [-0.15, -0.1) is 0 Å². The van der Waals surface area contributed by atoms with E-state index in [-0.39, 0.29) is 0 Å². The summed E-state index contributed by atoms with van der Waals surface area (Å²) in [4.78, 5) is 0. The number of nitrogens with zero attached hydrogens (tertiary/aromatic N) is 3. The fourth-order valence-electron chi connectivity index (χ4n) is 1.86. The van der Waals surface area contributed by atoms with Crippen molar-refractivity contribution in [2.75, 3.05) is 17.6 Å². The van der Waals surface area contributed by atoms with Crippen LogP contribution in [0, 0.1) is 11.3 Å². The van der Waals surface area contributed by atoms with Gasteiger partial charge in [0.25, 0.3) is 0 Å². The van der Waals surface area contributed by atoms with Crippen molar-refractivity contribution in [3.63, 3.8) is 0 Å². The molecule has 2 rings (SSSR count). The number of benzene rings is 1. The van der Waals surface area contributed by atoms with Crippen molar-refractivity contribution < 1.29 is 0 Å². The molecule has 0 aliphatic rings. The topological polar surface area (TPSA) is 79.7 Å². The third kappa shape index (κ3) is 2.86. The van der Waals surface area contributed by atoms with Gasteiger partial charge in [-0.05, 0) is 18.1 Å². The first-order valence-electron chi connectivity index (χ1n) is 6.41. The maximum Gasteiger partial charge on any atom is 0.168 e. The van der Waals surface area contributed by atoms with Crippen molar-refractivity contribution in [1.82, 2.24) is 9.78 Å². The highest BCUT2D eigenvalue weighted by Crippen LogP contribution is 2.23. The Hall–Kier alpha value is -2.19. The van der Waals surface area contributed by atoms with Gasteiger partial charge >= 0.3 is 0 Å². The lowest BCUT2D eigenvalue weighted by Gasteiger charge is -2.05. The number of nitriles is 1. The number of anilines is 2. The first-order valence-corrected chi connectivity index (χ1v) is 6.78. The Morgan fingerprint density at radius 3 is 2.85 bits per heavy atom. The molecule has 0 aliphatic carbocycles. The third-order valence-corrected chi connectivity index (χ3v) is 3.29. The largest absolute Gasteiger partial charge is 0.383 e. The summed E-state index contributed by atoms with van der Waals surface area (Å²) in [5.41, 5.74) is 7.27. The lowest BCUT2D eigenvalue weighted by atomic mass is 10.2. The molecule has 1 aromatic carbocycles. The van der Waals surface area contributed by atoms with Crippen LogP contribution >= 0.6 is 11.6 Å². The number of hydrogen-bond donors (Lipinski definition) is 2. The monoisotopic (exact) mass is 289 g/mol. The van der Waals surface area contributed by atoms with E-state index >= 15 is 0 Å². The molecule has 0 saturated heterocycles. The van der Waals surface area contributed by atoms with Gasteiger partial charge in [0, 0.05) is 11.6 Å². The molecule has 0 amide bonds. The van der Waals surface area contributed by atoms with Gasteiger partial charge < -0.3 is 11.1 Å². The van der Waals surface area contributed by atoms with Crippen LogP contribution in [0.4, 0.5) is 11.6 Å². The minimum absolute atomic E-state index is 0.353. The second kappa shape index (κ2) is 6.31. The molecule has 0 unspecified atom stereocenters. The van der Waals surface area contributed by atoms with E-state index in [0.29, 0.717) is 28.8 Å². The number of nitrogen functional groups attached to an aromatic ring is 1. The van der Waals surface area contributed by atoms with E-state index in [1.807, 2.05) is 31.2 Å². The molecule has 0 bridgehead atoms. The Morgan fingerprint density at radius 1 is 1.45 bits per heavy atom. The predicted molar refractivity (Wildman–Crippen MR) is 80.7 cm³/mol. The highest BCUT2D eigenvalue weighted by Gasteiger charge is 2.15. The van der Waals surface area contributed by atoms with E-state index in [1.54, 1.807) is 4.68 Å². The van der Waals surface area contributed by atoms with Crippen molar-refractivity contribution >= 4 is 23.2 Å². The van der Waals surface area contributed by atoms with Crippen LogP contribution in [0.15, 0.2) is 24.3 Å². The molecule has 104 valence electrons. The van der Waals surface area contributed by atoms with Crippen molar-refractivity contribution in [3.05, 3.63) is 40.4 Å². The van der Waals surface area contributed by atoms with Crippen molar-refractivity contribution in [3.8, 4) is 6.07 Å². The van der Waals surface area contributed by atoms with Gasteiger partial charge in [0.15, 0.2) is 5.82 Å². The highest BCUT2D eigenvalue weighted by molar-refractivity contribution is 6.31. The summed E-state index contributed by atoms with van der Waals surface area (Å²) < 4.78 is 1.60. The van der Waals surface area contributed by atoms with Gasteiger partial charge in [0.1, 0.15) is 17.5 Å². The molecular weight excluding hydrogens is 274 g/mol. The molecule has 3 N–H and O–H groups in total. The normalized spacial score (nSPS) is 10.2. The number of nitrogens with one attached hydrogen (secondary N) is 1. The molecule has 2 aromatic rings. The van der Waals surface area contributed by atoms with Crippen molar-refractivity contribution in [2.45, 2.75) is 19.9 Å². The molecule has 0 atom stereocenters. The summed E-state index contributed by atoms with van der Waals surface area (Å²) in [6.45, 7) is 3.23. The van der Waals surface area contributed by atoms with E-state index in [4.69, 9.17) is 17.3 Å². The maximum absolute atomic E-state index is 9.18. The fraction of sp³-hybridized carbons (Fsp3) is 0.286. The first-order chi connectivity index (χ1) is 9.67. The molecule has 1 aromatic heterocycles. The fourth-order valence-corrected chi connectivity index (χ4v) is 2.06. The van der Waals surface area contributed by atoms with Gasteiger partial charge in [0.05, 0.1) is 6.54 Å². The second-order valence-electron chi connectivity index (χ2n) is 4.40. The predicted octanol–water partition coefficient (Wildman–Crippen LogP) is 2.86. The second-order valence-corrected chi connectivity index (χ2v) is 4.80. The van der Waals surface area contributed by atoms with Gasteiger partial charge in [-0.25, -0.2) is 4.68 Å². The Labute approximate surface area is 123 Å². The number of aromatic nitrogens is 2. The Kier molecular flexibility index (Phi) is 4.49. The van der Waals surface area contributed by atoms with Crippen LogP contribution in [0.1, 0.15) is 24.5 Å². The molecular formula is C14H16ClN5. The summed E-state index contributed by atoms with van der Waals surface area (Å²) >= 11 is 6.13. The molecule has 0 radical (unpaired) electrons. The molecule has 1 heterocycles. The van der Waals surface area contributed by atoms with Crippen LogP contribution in [0.5, 0.6) is 0 Å². The smallest absolute Gasteiger partial charge is 0.168 e. The highest BCUT2D eigenvalue weighted by atomic mass is 35.5. The molecule has 0 saturated carbocycles. The SMILES string of the molecule is CCCNc1nn(Cc2ccccc2Cl)c(N)c1C#N. The van der Waals surface area contributed by atoms with E-state index in [9.17, 15) is 5.26 Å². The molecule has 0 fully saturated rings. The van der Waals surface area contributed by atoms with Gasteiger partial charge in [0.2, 0.25) is 0 Å². The Morgan fingerprint density at radius 2 is 2.20 bits per heavy atom. The van der Waals surface area contributed by atoms with E-state index in [2.05, 4.69) is 16.5 Å². The number of halogens is 1. The van der Waals surface area contributed by atoms with Gasteiger partial charge in [-0.3, -0.25) is 0 Å². The van der Waals surface area contributed by atoms with Crippen LogP contribution in [-0.4, -0.2) is 16.3 Å². The summed E-state index contributed by atoms with van der Waals surface area (Å²) in [5.74, 6) is 0.880. The minimum atomic E-state index is 0.353. The molecule has 0 aliphatic heterocycles. The van der Waals surface area contributed by atoms with Crippen LogP contribution < -0.4 is 11.1 Å². The van der Waals surface area contributed by atoms with Crippen LogP contribution in [0.2, 0.25) is 5.02 Å². The number of hydrogen-bond acceptors (Lipinski definition) is 4. The number of nitrogens with two attached hydrogens (primary N) is 1. The Balaban J connectivity index is 2.31. The molecule has 0 spiro atoms. The standard InChI is InChI=1S/C14H16ClN5/c1-2-7-18-14-11(8-16)13(17)20(19-14)9-10-5-3-4-6-12(10)15/h3-6H,2,7,9,17H2,1H3,(H,18,19). The minimum Gasteiger partial charge on any atom is -0.383 e. The van der Waals surface area contributed by atoms with Crippen molar-refractivity contribution in [2.24, 2.45) is 0 Å². The van der Waals surface area contributed by atoms with Gasteiger partial charge in [-0.2, -0.15) is 10.4 Å². The molecule has 6 heteroatoms. The summed E-state index contributed by atoms with van der Waals surface area (Å²) in [7, 11) is 0. The molecule has 5 nitrogen and oxygen atoms in total. The summed E-state index contributed by atoms with van der Waals surface area (Å²) in [5, 5.41) is 17.3. The first kappa shape index (κ1) is 14.2. The van der Waals surface area contributed by atoms with Crippen LogP contribution in [0.25, 0.3) is 0 Å². The zero-order valence-electron chi connectivity index (χ0n) is 11.2.